The molecule has 2 aromatic carbocycles. The minimum absolute atomic E-state index is 0.153. The summed E-state index contributed by atoms with van der Waals surface area (Å²) in [5.74, 6) is 2.23. The molecular formula is C19H18O5. The third-order valence-electron chi connectivity index (χ3n) is 3.58. The van der Waals surface area contributed by atoms with Gasteiger partial charge in [-0.1, -0.05) is 12.1 Å². The van der Waals surface area contributed by atoms with Crippen LogP contribution in [0.4, 0.5) is 0 Å². The number of methoxy groups -OCH3 is 1. The van der Waals surface area contributed by atoms with Gasteiger partial charge in [-0.05, 0) is 38.1 Å². The molecule has 3 rings (SSSR count). The van der Waals surface area contributed by atoms with Crippen LogP contribution < -0.4 is 19.6 Å². The Bertz CT molecular complexity index is 927. The van der Waals surface area contributed by atoms with Gasteiger partial charge in [-0.15, -0.1) is 0 Å². The summed E-state index contributed by atoms with van der Waals surface area (Å²) in [4.78, 5) is 12.8. The Morgan fingerprint density at radius 1 is 1.08 bits per heavy atom. The Hall–Kier alpha value is -2.95. The predicted molar refractivity (Wildman–Crippen MR) is 91.5 cm³/mol. The van der Waals surface area contributed by atoms with Gasteiger partial charge in [-0.25, -0.2) is 0 Å². The van der Waals surface area contributed by atoms with E-state index in [4.69, 9.17) is 18.6 Å². The molecule has 0 saturated carbocycles. The second-order valence-electron chi connectivity index (χ2n) is 5.16. The molecule has 5 heteroatoms. The molecule has 0 radical (unpaired) electrons. The number of hydrogen-bond donors (Lipinski definition) is 0. The molecule has 1 aromatic heterocycles. The quantitative estimate of drug-likeness (QED) is 0.699. The molecule has 0 aliphatic carbocycles. The van der Waals surface area contributed by atoms with Crippen molar-refractivity contribution in [2.45, 2.75) is 13.8 Å². The normalized spacial score (nSPS) is 10.6. The van der Waals surface area contributed by atoms with Crippen LogP contribution in [0.5, 0.6) is 23.0 Å². The molecular weight excluding hydrogens is 308 g/mol. The second kappa shape index (κ2) is 6.66. The Morgan fingerprint density at radius 2 is 1.83 bits per heavy atom. The van der Waals surface area contributed by atoms with Gasteiger partial charge in [-0.3, -0.25) is 4.79 Å². The Balaban J connectivity index is 2.09. The largest absolute Gasteiger partial charge is 0.497 e. The van der Waals surface area contributed by atoms with Crippen LogP contribution >= 0.6 is 0 Å². The van der Waals surface area contributed by atoms with Crippen LogP contribution in [0.3, 0.4) is 0 Å². The van der Waals surface area contributed by atoms with Crippen LogP contribution in [0.2, 0.25) is 0 Å². The first-order valence-electron chi connectivity index (χ1n) is 7.65. The van der Waals surface area contributed by atoms with Crippen LogP contribution in [0.15, 0.2) is 51.7 Å². The number of para-hydroxylation sites is 2. The van der Waals surface area contributed by atoms with Gasteiger partial charge in [0.1, 0.15) is 17.1 Å². The molecule has 0 bridgehead atoms. The van der Waals surface area contributed by atoms with E-state index in [1.54, 1.807) is 44.4 Å². The van der Waals surface area contributed by atoms with Gasteiger partial charge in [-0.2, -0.15) is 0 Å². The first-order valence-corrected chi connectivity index (χ1v) is 7.65. The number of ether oxygens (including phenoxy) is 3. The number of fused-ring (bicyclic) bond motifs is 1. The van der Waals surface area contributed by atoms with Crippen LogP contribution in [0.25, 0.3) is 11.0 Å². The fourth-order valence-corrected chi connectivity index (χ4v) is 2.43. The molecule has 1 heterocycles. The van der Waals surface area contributed by atoms with Crippen molar-refractivity contribution in [2.24, 2.45) is 0 Å². The number of benzene rings is 2. The molecule has 0 atom stereocenters. The number of aryl methyl sites for hydroxylation is 1. The molecule has 0 unspecified atom stereocenters. The van der Waals surface area contributed by atoms with Crippen molar-refractivity contribution < 1.29 is 18.6 Å². The fourth-order valence-electron chi connectivity index (χ4n) is 2.43. The molecule has 0 aliphatic heterocycles. The molecule has 0 aliphatic rings. The van der Waals surface area contributed by atoms with E-state index in [2.05, 4.69) is 0 Å². The topological polar surface area (TPSA) is 57.9 Å². The maximum Gasteiger partial charge on any atom is 0.235 e. The molecule has 3 aromatic rings. The van der Waals surface area contributed by atoms with Crippen molar-refractivity contribution in [3.63, 3.8) is 0 Å². The van der Waals surface area contributed by atoms with Gasteiger partial charge in [0, 0.05) is 6.07 Å². The molecule has 5 nitrogen and oxygen atoms in total. The zero-order chi connectivity index (χ0) is 17.1. The van der Waals surface area contributed by atoms with Gasteiger partial charge < -0.3 is 18.6 Å². The number of rotatable bonds is 5. The van der Waals surface area contributed by atoms with Gasteiger partial charge in [0.15, 0.2) is 11.5 Å². The summed E-state index contributed by atoms with van der Waals surface area (Å²) < 4.78 is 22.3. The molecule has 0 fully saturated rings. The average Bonchev–Trinajstić information content (AvgIpc) is 2.59. The van der Waals surface area contributed by atoms with Crippen LogP contribution in [0.1, 0.15) is 12.7 Å². The third-order valence-corrected chi connectivity index (χ3v) is 3.58. The first-order chi connectivity index (χ1) is 11.6. The minimum atomic E-state index is -0.234. The van der Waals surface area contributed by atoms with Crippen molar-refractivity contribution >= 4 is 11.0 Å². The summed E-state index contributed by atoms with van der Waals surface area (Å²) in [6, 6.07) is 12.3. The Labute approximate surface area is 139 Å². The summed E-state index contributed by atoms with van der Waals surface area (Å²) in [7, 11) is 1.56. The SMILES string of the molecule is CCOc1ccccc1Oc1c(C)oc2cc(OC)ccc2c1=O. The molecule has 0 saturated heterocycles. The van der Waals surface area contributed by atoms with Crippen molar-refractivity contribution in [1.82, 2.24) is 0 Å². The maximum atomic E-state index is 12.8. The minimum Gasteiger partial charge on any atom is -0.497 e. The Morgan fingerprint density at radius 3 is 2.54 bits per heavy atom. The summed E-state index contributed by atoms with van der Waals surface area (Å²) in [6.45, 7) is 4.09. The third kappa shape index (κ3) is 2.93. The lowest BCUT2D eigenvalue weighted by Gasteiger charge is -2.12. The lowest BCUT2D eigenvalue weighted by Crippen LogP contribution is -2.08. The summed E-state index contributed by atoms with van der Waals surface area (Å²) in [5.41, 5.74) is 0.227. The summed E-state index contributed by atoms with van der Waals surface area (Å²) in [6.07, 6.45) is 0. The van der Waals surface area contributed by atoms with Gasteiger partial charge >= 0.3 is 0 Å². The second-order valence-corrected chi connectivity index (χ2v) is 5.16. The maximum absolute atomic E-state index is 12.8. The van der Waals surface area contributed by atoms with Crippen molar-refractivity contribution in [3.05, 3.63) is 58.4 Å². The monoisotopic (exact) mass is 326 g/mol. The van der Waals surface area contributed by atoms with Crippen molar-refractivity contribution in [2.75, 3.05) is 13.7 Å². The summed E-state index contributed by atoms with van der Waals surface area (Å²) >= 11 is 0. The highest BCUT2D eigenvalue weighted by Gasteiger charge is 2.16. The van der Waals surface area contributed by atoms with Crippen molar-refractivity contribution in [3.8, 4) is 23.0 Å². The van der Waals surface area contributed by atoms with E-state index in [1.807, 2.05) is 19.1 Å². The lowest BCUT2D eigenvalue weighted by atomic mass is 10.2. The molecule has 24 heavy (non-hydrogen) atoms. The average molecular weight is 326 g/mol. The highest BCUT2D eigenvalue weighted by atomic mass is 16.5. The standard InChI is InChI=1S/C19H18O5/c1-4-22-15-7-5-6-8-16(15)24-19-12(2)23-17-11-13(21-3)9-10-14(17)18(19)20/h5-11H,4H2,1-3H3. The van der Waals surface area contributed by atoms with E-state index >= 15 is 0 Å². The fraction of sp³-hybridized carbons (Fsp3) is 0.211. The highest BCUT2D eigenvalue weighted by Crippen LogP contribution is 2.32. The van der Waals surface area contributed by atoms with Gasteiger partial charge in [0.2, 0.25) is 11.2 Å². The van der Waals surface area contributed by atoms with E-state index in [1.165, 1.54) is 0 Å². The molecule has 124 valence electrons. The van der Waals surface area contributed by atoms with E-state index in [9.17, 15) is 4.79 Å². The number of hydrogen-bond acceptors (Lipinski definition) is 5. The van der Waals surface area contributed by atoms with Crippen molar-refractivity contribution in [1.29, 1.82) is 0 Å². The van der Waals surface area contributed by atoms with Gasteiger partial charge in [0.05, 0.1) is 19.1 Å². The predicted octanol–water partition coefficient (Wildman–Crippen LogP) is 4.30. The zero-order valence-electron chi connectivity index (χ0n) is 13.8. The summed E-state index contributed by atoms with van der Waals surface area (Å²) in [5, 5.41) is 0.435. The highest BCUT2D eigenvalue weighted by molar-refractivity contribution is 5.79. The smallest absolute Gasteiger partial charge is 0.235 e. The Kier molecular flexibility index (Phi) is 4.42. The van der Waals surface area contributed by atoms with Crippen LogP contribution in [0, 0.1) is 6.92 Å². The van der Waals surface area contributed by atoms with Crippen LogP contribution in [-0.4, -0.2) is 13.7 Å². The molecule has 0 spiro atoms. The molecule has 0 amide bonds. The van der Waals surface area contributed by atoms with E-state index in [0.29, 0.717) is 40.6 Å². The van der Waals surface area contributed by atoms with E-state index in [0.717, 1.165) is 0 Å². The first kappa shape index (κ1) is 15.9. The van der Waals surface area contributed by atoms with E-state index in [-0.39, 0.29) is 11.2 Å². The van der Waals surface area contributed by atoms with Gasteiger partial charge in [0.25, 0.3) is 0 Å². The van der Waals surface area contributed by atoms with Crippen LogP contribution in [-0.2, 0) is 0 Å². The molecule has 0 N–H and O–H groups in total. The van der Waals surface area contributed by atoms with E-state index < -0.39 is 0 Å². The lowest BCUT2D eigenvalue weighted by molar-refractivity contribution is 0.318. The zero-order valence-corrected chi connectivity index (χ0v) is 13.8.